The Morgan fingerprint density at radius 1 is 1.56 bits per heavy atom. The fraction of sp³-hybridized carbons (Fsp3) is 0. The second-order valence-electron chi connectivity index (χ2n) is 1.40. The molecule has 0 rings (SSSR count). The van der Waals surface area contributed by atoms with Gasteiger partial charge in [-0.25, -0.2) is 4.39 Å². The zero-order valence-corrected chi connectivity index (χ0v) is 5.53. The fourth-order valence-corrected chi connectivity index (χ4v) is 0.286. The molecule has 0 aliphatic carbocycles. The Balaban J connectivity index is 3.86. The van der Waals surface area contributed by atoms with Crippen LogP contribution in [0.15, 0.2) is 35.8 Å². The molecule has 0 fully saturated rings. The second kappa shape index (κ2) is 4.15. The Morgan fingerprint density at radius 3 is 2.44 bits per heavy atom. The van der Waals surface area contributed by atoms with Gasteiger partial charge < -0.3 is 5.73 Å². The van der Waals surface area contributed by atoms with Gasteiger partial charge in [-0.15, -0.1) is 0 Å². The summed E-state index contributed by atoms with van der Waals surface area (Å²) in [6, 6.07) is 0. The van der Waals surface area contributed by atoms with Crippen LogP contribution in [0.3, 0.4) is 0 Å². The average molecular weight is 148 g/mol. The minimum absolute atomic E-state index is 0.00148. The van der Waals surface area contributed by atoms with Gasteiger partial charge in [-0.3, -0.25) is 0 Å². The molecule has 0 atom stereocenters. The van der Waals surface area contributed by atoms with E-state index in [9.17, 15) is 4.39 Å². The summed E-state index contributed by atoms with van der Waals surface area (Å²) < 4.78 is 11.4. The topological polar surface area (TPSA) is 26.0 Å². The molecule has 9 heavy (non-hydrogen) atoms. The molecule has 0 heterocycles. The minimum atomic E-state index is 0.00148. The lowest BCUT2D eigenvalue weighted by Crippen LogP contribution is -1.87. The van der Waals surface area contributed by atoms with Gasteiger partial charge in [-0.2, -0.15) is 0 Å². The molecule has 0 aromatic carbocycles. The van der Waals surface area contributed by atoms with Gasteiger partial charge in [0.05, 0.1) is 5.03 Å². The SMILES string of the molecule is C=C(N)/C=C\C(Cl)=C\F. The summed E-state index contributed by atoms with van der Waals surface area (Å²) in [6.45, 7) is 3.34. The van der Waals surface area contributed by atoms with E-state index in [-0.39, 0.29) is 11.4 Å². The third kappa shape index (κ3) is 5.11. The summed E-state index contributed by atoms with van der Waals surface area (Å²) in [5, 5.41) is 0.00148. The normalized spacial score (nSPS) is 12.4. The van der Waals surface area contributed by atoms with E-state index in [0.717, 1.165) is 0 Å². The number of hydrogen-bond acceptors (Lipinski definition) is 1. The Morgan fingerprint density at radius 2 is 2.11 bits per heavy atom. The van der Waals surface area contributed by atoms with Crippen LogP contribution in [0, 0.1) is 0 Å². The maximum absolute atomic E-state index is 11.4. The molecule has 3 heteroatoms. The standard InChI is InChI=1S/C6H7ClFN/c1-5(9)2-3-6(7)4-8/h2-4H,1,9H2/b3-2-,6-4-. The van der Waals surface area contributed by atoms with Crippen LogP contribution in [-0.4, -0.2) is 0 Å². The Kier molecular flexibility index (Phi) is 3.80. The molecule has 0 aliphatic rings. The highest BCUT2D eigenvalue weighted by molar-refractivity contribution is 6.31. The largest absolute Gasteiger partial charge is 0.399 e. The predicted octanol–water partition coefficient (Wildman–Crippen LogP) is 2.06. The molecule has 0 radical (unpaired) electrons. The van der Waals surface area contributed by atoms with Gasteiger partial charge in [0.25, 0.3) is 0 Å². The Bertz CT molecular complexity index is 160. The van der Waals surface area contributed by atoms with Gasteiger partial charge >= 0.3 is 0 Å². The summed E-state index contributed by atoms with van der Waals surface area (Å²) in [4.78, 5) is 0. The van der Waals surface area contributed by atoms with Crippen LogP contribution in [0.25, 0.3) is 0 Å². The summed E-state index contributed by atoms with van der Waals surface area (Å²) in [5.74, 6) is 0. The van der Waals surface area contributed by atoms with Crippen molar-refractivity contribution in [2.45, 2.75) is 0 Å². The van der Waals surface area contributed by atoms with Crippen LogP contribution in [0.1, 0.15) is 0 Å². The molecule has 1 nitrogen and oxygen atoms in total. The minimum Gasteiger partial charge on any atom is -0.399 e. The lowest BCUT2D eigenvalue weighted by Gasteiger charge is -1.84. The average Bonchev–Trinajstić information content (AvgIpc) is 1.83. The Hall–Kier alpha value is -0.760. The molecular weight excluding hydrogens is 141 g/mol. The maximum atomic E-state index is 11.4. The first-order valence-electron chi connectivity index (χ1n) is 2.25. The number of halogens is 2. The lowest BCUT2D eigenvalue weighted by molar-refractivity contribution is 0.719. The van der Waals surface area contributed by atoms with Gasteiger partial charge in [0, 0.05) is 5.70 Å². The first-order chi connectivity index (χ1) is 4.16. The molecule has 0 aromatic rings. The number of allylic oxidation sites excluding steroid dienone is 3. The molecule has 0 amide bonds. The van der Waals surface area contributed by atoms with E-state index in [1.807, 2.05) is 0 Å². The van der Waals surface area contributed by atoms with E-state index in [0.29, 0.717) is 5.70 Å². The molecular formula is C6H7ClFN. The van der Waals surface area contributed by atoms with Crippen molar-refractivity contribution in [1.29, 1.82) is 0 Å². The van der Waals surface area contributed by atoms with E-state index >= 15 is 0 Å². The van der Waals surface area contributed by atoms with Crippen LogP contribution in [-0.2, 0) is 0 Å². The van der Waals surface area contributed by atoms with Crippen LogP contribution in [0.5, 0.6) is 0 Å². The highest BCUT2D eigenvalue weighted by atomic mass is 35.5. The number of rotatable bonds is 2. The smallest absolute Gasteiger partial charge is 0.105 e. The highest BCUT2D eigenvalue weighted by Gasteiger charge is 1.80. The van der Waals surface area contributed by atoms with Gasteiger partial charge in [0.15, 0.2) is 0 Å². The van der Waals surface area contributed by atoms with Crippen molar-refractivity contribution in [3.05, 3.63) is 35.8 Å². The van der Waals surface area contributed by atoms with Gasteiger partial charge in [-0.1, -0.05) is 18.2 Å². The van der Waals surface area contributed by atoms with Crippen molar-refractivity contribution in [3.8, 4) is 0 Å². The van der Waals surface area contributed by atoms with Crippen molar-refractivity contribution < 1.29 is 4.39 Å². The van der Waals surface area contributed by atoms with Gasteiger partial charge in [0.1, 0.15) is 6.33 Å². The van der Waals surface area contributed by atoms with E-state index in [1.165, 1.54) is 12.2 Å². The van der Waals surface area contributed by atoms with Crippen LogP contribution >= 0.6 is 11.6 Å². The first kappa shape index (κ1) is 8.24. The lowest BCUT2D eigenvalue weighted by atomic mass is 10.4. The van der Waals surface area contributed by atoms with E-state index in [2.05, 4.69) is 6.58 Å². The van der Waals surface area contributed by atoms with Crippen LogP contribution < -0.4 is 5.73 Å². The van der Waals surface area contributed by atoms with Crippen molar-refractivity contribution >= 4 is 11.6 Å². The van der Waals surface area contributed by atoms with Crippen molar-refractivity contribution in [2.75, 3.05) is 0 Å². The van der Waals surface area contributed by atoms with Crippen LogP contribution in [0.4, 0.5) is 4.39 Å². The predicted molar refractivity (Wildman–Crippen MR) is 37.5 cm³/mol. The Labute approximate surface area is 58.3 Å². The van der Waals surface area contributed by atoms with Crippen LogP contribution in [0.2, 0.25) is 0 Å². The third-order valence-electron chi connectivity index (χ3n) is 0.561. The van der Waals surface area contributed by atoms with E-state index < -0.39 is 0 Å². The monoisotopic (exact) mass is 147 g/mol. The summed E-state index contributed by atoms with van der Waals surface area (Å²) in [6.07, 6.45) is 3.02. The molecule has 0 bridgehead atoms. The zero-order chi connectivity index (χ0) is 7.28. The van der Waals surface area contributed by atoms with E-state index in [1.54, 1.807) is 0 Å². The number of nitrogens with two attached hydrogens (primary N) is 1. The zero-order valence-electron chi connectivity index (χ0n) is 4.77. The molecule has 2 N–H and O–H groups in total. The summed E-state index contributed by atoms with van der Waals surface area (Å²) in [7, 11) is 0. The molecule has 0 saturated heterocycles. The highest BCUT2D eigenvalue weighted by Crippen LogP contribution is 2.03. The molecule has 0 unspecified atom stereocenters. The van der Waals surface area contributed by atoms with Gasteiger partial charge in [-0.05, 0) is 12.2 Å². The third-order valence-corrected chi connectivity index (χ3v) is 0.769. The van der Waals surface area contributed by atoms with Crippen molar-refractivity contribution in [3.63, 3.8) is 0 Å². The molecule has 0 aromatic heterocycles. The van der Waals surface area contributed by atoms with Gasteiger partial charge in [0.2, 0.25) is 0 Å². The second-order valence-corrected chi connectivity index (χ2v) is 1.84. The fourth-order valence-electron chi connectivity index (χ4n) is 0.223. The van der Waals surface area contributed by atoms with Crippen molar-refractivity contribution in [1.82, 2.24) is 0 Å². The summed E-state index contributed by atoms with van der Waals surface area (Å²) in [5.41, 5.74) is 5.45. The maximum Gasteiger partial charge on any atom is 0.105 e. The van der Waals surface area contributed by atoms with E-state index in [4.69, 9.17) is 17.3 Å². The summed E-state index contributed by atoms with van der Waals surface area (Å²) >= 11 is 5.21. The molecule has 0 saturated carbocycles. The molecule has 0 aliphatic heterocycles. The first-order valence-corrected chi connectivity index (χ1v) is 2.63. The number of hydrogen-bond donors (Lipinski definition) is 1. The quantitative estimate of drug-likeness (QED) is 0.595. The van der Waals surface area contributed by atoms with Crippen molar-refractivity contribution in [2.24, 2.45) is 5.73 Å². The molecule has 0 spiro atoms. The molecule has 50 valence electrons.